The first-order valence-corrected chi connectivity index (χ1v) is 7.73. The molecule has 0 saturated carbocycles. The van der Waals surface area contributed by atoms with Crippen LogP contribution in [-0.4, -0.2) is 18.1 Å². The Morgan fingerprint density at radius 1 is 0.737 bits per heavy atom. The zero-order valence-corrected chi connectivity index (χ0v) is 14.2. The van der Waals surface area contributed by atoms with Crippen molar-refractivity contribution in [2.45, 2.75) is 92.9 Å². The number of unbranched alkanes of at least 4 members (excludes halogenated alkanes) is 6. The van der Waals surface area contributed by atoms with Gasteiger partial charge < -0.3 is 10.2 Å². The number of esters is 1. The fourth-order valence-corrected chi connectivity index (χ4v) is 1.20. The van der Waals surface area contributed by atoms with Gasteiger partial charge in [0.1, 0.15) is 0 Å². The molecule has 2 N–H and O–H groups in total. The zero-order chi connectivity index (χ0) is 14.6. The first kappa shape index (κ1) is 26.9. The highest BCUT2D eigenvalue weighted by molar-refractivity contribution is 5.65. The largest absolute Gasteiger partial charge is 0.466 e. The lowest BCUT2D eigenvalue weighted by atomic mass is 10.2. The van der Waals surface area contributed by atoms with Crippen LogP contribution >= 0.6 is 0 Å². The summed E-state index contributed by atoms with van der Waals surface area (Å²) in [6.07, 6.45) is 11.1. The molecule has 120 valence electrons. The minimum atomic E-state index is -0.211. The van der Waals surface area contributed by atoms with Crippen LogP contribution in [0.5, 0.6) is 0 Å². The van der Waals surface area contributed by atoms with Crippen LogP contribution in [-0.2, 0) is 9.53 Å². The maximum Gasteiger partial charge on any atom is 0.302 e. The summed E-state index contributed by atoms with van der Waals surface area (Å²) >= 11 is 0. The molecule has 0 aliphatic carbocycles. The average Bonchev–Trinajstić information content (AvgIpc) is 2.35. The molecule has 0 aliphatic rings. The van der Waals surface area contributed by atoms with E-state index in [1.54, 1.807) is 6.92 Å². The summed E-state index contributed by atoms with van der Waals surface area (Å²) in [5.74, 6) is -0.211. The van der Waals surface area contributed by atoms with Crippen molar-refractivity contribution in [1.29, 1.82) is 0 Å². The maximum atomic E-state index is 9.82. The average molecular weight is 278 g/mol. The predicted octanol–water partition coefficient (Wildman–Crippen LogP) is 4.92. The molecule has 3 nitrogen and oxygen atoms in total. The van der Waals surface area contributed by atoms with E-state index < -0.39 is 0 Å². The molecule has 0 atom stereocenters. The van der Waals surface area contributed by atoms with E-state index in [1.807, 2.05) is 0 Å². The standard InChI is InChI=1S/2C6H14.C4H8O2.H2O/c2*1-3-5-6-4-2;1-3-6-4(2)5;/h2*3-6H2,1-2H3;3H2,1-2H3;1H2. The third kappa shape index (κ3) is 58.4. The van der Waals surface area contributed by atoms with Crippen molar-refractivity contribution in [2.24, 2.45) is 0 Å². The lowest BCUT2D eigenvalue weighted by Gasteiger charge is -1.89. The Labute approximate surface area is 121 Å². The van der Waals surface area contributed by atoms with Gasteiger partial charge in [0, 0.05) is 6.92 Å². The van der Waals surface area contributed by atoms with Crippen LogP contribution in [0.1, 0.15) is 92.9 Å². The van der Waals surface area contributed by atoms with Gasteiger partial charge in [-0.3, -0.25) is 4.79 Å². The number of carbonyl (C=O) groups excluding carboxylic acids is 1. The monoisotopic (exact) mass is 278 g/mol. The highest BCUT2D eigenvalue weighted by atomic mass is 16.5. The fourth-order valence-electron chi connectivity index (χ4n) is 1.20. The van der Waals surface area contributed by atoms with E-state index in [2.05, 4.69) is 32.4 Å². The molecule has 0 aromatic heterocycles. The van der Waals surface area contributed by atoms with E-state index in [0.29, 0.717) is 6.61 Å². The quantitative estimate of drug-likeness (QED) is 0.490. The summed E-state index contributed by atoms with van der Waals surface area (Å²) in [4.78, 5) is 9.82. The van der Waals surface area contributed by atoms with Crippen molar-refractivity contribution in [3.05, 3.63) is 0 Å². The maximum absolute atomic E-state index is 9.82. The lowest BCUT2D eigenvalue weighted by molar-refractivity contribution is -0.140. The second kappa shape index (κ2) is 30.5. The van der Waals surface area contributed by atoms with Gasteiger partial charge in [0.15, 0.2) is 0 Å². The number of ether oxygens (including phenoxy) is 1. The molecule has 0 rings (SSSR count). The molecule has 0 aromatic rings. The number of carbonyl (C=O) groups is 1. The van der Waals surface area contributed by atoms with Gasteiger partial charge in [-0.25, -0.2) is 0 Å². The van der Waals surface area contributed by atoms with Crippen molar-refractivity contribution < 1.29 is 15.0 Å². The Balaban J connectivity index is -0.0000000865. The van der Waals surface area contributed by atoms with Gasteiger partial charge in [-0.2, -0.15) is 0 Å². The topological polar surface area (TPSA) is 57.8 Å². The highest BCUT2D eigenvalue weighted by Crippen LogP contribution is 1.95. The summed E-state index contributed by atoms with van der Waals surface area (Å²) in [5, 5.41) is 0. The van der Waals surface area contributed by atoms with Crippen molar-refractivity contribution in [3.63, 3.8) is 0 Å². The van der Waals surface area contributed by atoms with Crippen LogP contribution in [0.4, 0.5) is 0 Å². The summed E-state index contributed by atoms with van der Waals surface area (Å²) in [5.41, 5.74) is 0. The van der Waals surface area contributed by atoms with Crippen LogP contribution in [0.15, 0.2) is 0 Å². The van der Waals surface area contributed by atoms with Crippen LogP contribution in [0.25, 0.3) is 0 Å². The summed E-state index contributed by atoms with van der Waals surface area (Å²) in [6.45, 7) is 12.6. The van der Waals surface area contributed by atoms with Crippen LogP contribution in [0.3, 0.4) is 0 Å². The molecular formula is C16H38O3. The predicted molar refractivity (Wildman–Crippen MR) is 85.6 cm³/mol. The molecule has 0 bridgehead atoms. The third-order valence-electron chi connectivity index (χ3n) is 2.26. The molecule has 0 aromatic carbocycles. The minimum absolute atomic E-state index is 0. The van der Waals surface area contributed by atoms with E-state index in [4.69, 9.17) is 0 Å². The molecule has 0 unspecified atom stereocenters. The lowest BCUT2D eigenvalue weighted by Crippen LogP contribution is -1.95. The normalized spacial score (nSPS) is 8.11. The Morgan fingerprint density at radius 3 is 1.05 bits per heavy atom. The zero-order valence-electron chi connectivity index (χ0n) is 14.2. The fraction of sp³-hybridized carbons (Fsp3) is 0.938. The highest BCUT2D eigenvalue weighted by Gasteiger charge is 1.81. The van der Waals surface area contributed by atoms with E-state index >= 15 is 0 Å². The minimum Gasteiger partial charge on any atom is -0.466 e. The van der Waals surface area contributed by atoms with Crippen molar-refractivity contribution in [2.75, 3.05) is 6.61 Å². The van der Waals surface area contributed by atoms with E-state index in [9.17, 15) is 4.79 Å². The molecule has 0 saturated heterocycles. The smallest absolute Gasteiger partial charge is 0.302 e. The van der Waals surface area contributed by atoms with Gasteiger partial charge in [0.05, 0.1) is 6.61 Å². The SMILES string of the molecule is CCCCCC.CCCCCC.CCOC(C)=O.O. The first-order chi connectivity index (χ1) is 8.60. The molecule has 0 aliphatic heterocycles. The molecule has 0 amide bonds. The molecule has 3 heteroatoms. The summed E-state index contributed by atoms with van der Waals surface area (Å²) < 4.78 is 4.40. The Kier molecular flexibility index (Phi) is 43.1. The second-order valence-corrected chi connectivity index (χ2v) is 4.34. The summed E-state index contributed by atoms with van der Waals surface area (Å²) in [6, 6.07) is 0. The van der Waals surface area contributed by atoms with Gasteiger partial charge in [-0.1, -0.05) is 79.1 Å². The van der Waals surface area contributed by atoms with Crippen LogP contribution in [0.2, 0.25) is 0 Å². The second-order valence-electron chi connectivity index (χ2n) is 4.34. The molecule has 0 fully saturated rings. The number of hydrogen-bond acceptors (Lipinski definition) is 2. The van der Waals surface area contributed by atoms with Gasteiger partial charge in [0.2, 0.25) is 0 Å². The van der Waals surface area contributed by atoms with Crippen LogP contribution in [0, 0.1) is 0 Å². The summed E-state index contributed by atoms with van der Waals surface area (Å²) in [7, 11) is 0. The van der Waals surface area contributed by atoms with E-state index in [-0.39, 0.29) is 11.4 Å². The Morgan fingerprint density at radius 2 is 1.00 bits per heavy atom. The van der Waals surface area contributed by atoms with Gasteiger partial charge in [-0.15, -0.1) is 0 Å². The van der Waals surface area contributed by atoms with Gasteiger partial charge in [0.25, 0.3) is 0 Å². The van der Waals surface area contributed by atoms with Gasteiger partial charge in [-0.05, 0) is 6.92 Å². The Hall–Kier alpha value is -0.570. The number of hydrogen-bond donors (Lipinski definition) is 0. The van der Waals surface area contributed by atoms with Crippen molar-refractivity contribution >= 4 is 5.97 Å². The third-order valence-corrected chi connectivity index (χ3v) is 2.26. The molecule has 0 heterocycles. The van der Waals surface area contributed by atoms with Gasteiger partial charge >= 0.3 is 5.97 Å². The van der Waals surface area contributed by atoms with E-state index in [1.165, 1.54) is 58.3 Å². The molecule has 19 heavy (non-hydrogen) atoms. The first-order valence-electron chi connectivity index (χ1n) is 7.73. The van der Waals surface area contributed by atoms with Crippen LogP contribution < -0.4 is 0 Å². The number of rotatable bonds is 7. The molecular weight excluding hydrogens is 240 g/mol. The Bertz CT molecular complexity index is 120. The molecule has 0 spiro atoms. The molecule has 0 radical (unpaired) electrons. The van der Waals surface area contributed by atoms with E-state index in [0.717, 1.165) is 0 Å². The van der Waals surface area contributed by atoms with Crippen molar-refractivity contribution in [1.82, 2.24) is 0 Å². The van der Waals surface area contributed by atoms with Crippen molar-refractivity contribution in [3.8, 4) is 0 Å².